The standard InChI is InChI=1S/C14H24N2O/c15-13-7-9-16(10-8-13)11-14(17)12-5-3-1-2-4-6-12/h5,13H,1-4,6-11,15H2. The van der Waals surface area contributed by atoms with Crippen LogP contribution in [0.1, 0.15) is 44.9 Å². The summed E-state index contributed by atoms with van der Waals surface area (Å²) in [6, 6.07) is 0.346. The molecule has 0 spiro atoms. The highest BCUT2D eigenvalue weighted by Gasteiger charge is 2.20. The molecule has 0 aromatic heterocycles. The van der Waals surface area contributed by atoms with E-state index in [1.54, 1.807) is 0 Å². The highest BCUT2D eigenvalue weighted by molar-refractivity contribution is 5.96. The minimum absolute atomic E-state index is 0.346. The SMILES string of the molecule is NC1CCN(CC(=O)C2=CCCCCC2)CC1. The first kappa shape index (κ1) is 12.8. The highest BCUT2D eigenvalue weighted by Crippen LogP contribution is 2.18. The number of rotatable bonds is 3. The molecule has 0 aromatic carbocycles. The summed E-state index contributed by atoms with van der Waals surface area (Å²) in [5.74, 6) is 0.349. The van der Waals surface area contributed by atoms with Crippen molar-refractivity contribution in [2.45, 2.75) is 51.0 Å². The van der Waals surface area contributed by atoms with Crippen molar-refractivity contribution in [1.29, 1.82) is 0 Å². The molecule has 0 unspecified atom stereocenters. The number of piperidine rings is 1. The molecule has 0 radical (unpaired) electrons. The van der Waals surface area contributed by atoms with E-state index in [9.17, 15) is 4.79 Å². The highest BCUT2D eigenvalue weighted by atomic mass is 16.1. The quantitative estimate of drug-likeness (QED) is 0.813. The molecular weight excluding hydrogens is 212 g/mol. The summed E-state index contributed by atoms with van der Waals surface area (Å²) < 4.78 is 0. The van der Waals surface area contributed by atoms with E-state index in [1.807, 2.05) is 0 Å². The predicted octanol–water partition coefficient (Wildman–Crippen LogP) is 1.87. The maximum absolute atomic E-state index is 12.2. The Kier molecular flexibility index (Phi) is 4.75. The van der Waals surface area contributed by atoms with E-state index in [0.717, 1.165) is 44.3 Å². The van der Waals surface area contributed by atoms with Gasteiger partial charge in [0.1, 0.15) is 0 Å². The van der Waals surface area contributed by atoms with Gasteiger partial charge in [-0.1, -0.05) is 12.5 Å². The molecule has 2 rings (SSSR count). The van der Waals surface area contributed by atoms with Crippen LogP contribution in [0.2, 0.25) is 0 Å². The van der Waals surface area contributed by atoms with E-state index in [0.29, 0.717) is 18.4 Å². The smallest absolute Gasteiger partial charge is 0.172 e. The Morgan fingerprint density at radius 2 is 2.06 bits per heavy atom. The lowest BCUT2D eigenvalue weighted by atomic mass is 10.0. The molecule has 3 nitrogen and oxygen atoms in total. The van der Waals surface area contributed by atoms with Gasteiger partial charge in [0.05, 0.1) is 6.54 Å². The van der Waals surface area contributed by atoms with Crippen molar-refractivity contribution in [2.24, 2.45) is 5.73 Å². The van der Waals surface area contributed by atoms with Crippen molar-refractivity contribution in [3.05, 3.63) is 11.6 Å². The average Bonchev–Trinajstić information content (AvgIpc) is 2.61. The molecule has 96 valence electrons. The Morgan fingerprint density at radius 3 is 2.82 bits per heavy atom. The number of carbonyl (C=O) groups excluding carboxylic acids is 1. The van der Waals surface area contributed by atoms with Crippen molar-refractivity contribution in [3.63, 3.8) is 0 Å². The molecule has 2 aliphatic rings. The molecule has 3 heteroatoms. The van der Waals surface area contributed by atoms with E-state index >= 15 is 0 Å². The van der Waals surface area contributed by atoms with Crippen molar-refractivity contribution in [3.8, 4) is 0 Å². The molecule has 2 N–H and O–H groups in total. The van der Waals surface area contributed by atoms with Crippen LogP contribution in [0, 0.1) is 0 Å². The lowest BCUT2D eigenvalue weighted by molar-refractivity contribution is -0.117. The van der Waals surface area contributed by atoms with E-state index in [1.165, 1.54) is 19.3 Å². The summed E-state index contributed by atoms with van der Waals surface area (Å²) in [6.45, 7) is 2.58. The number of Topliss-reactive ketones (excluding diaryl/α,β-unsaturated/α-hetero) is 1. The number of likely N-dealkylation sites (tertiary alicyclic amines) is 1. The zero-order valence-corrected chi connectivity index (χ0v) is 10.7. The van der Waals surface area contributed by atoms with Gasteiger partial charge in [-0.15, -0.1) is 0 Å². The molecule has 1 fully saturated rings. The zero-order valence-electron chi connectivity index (χ0n) is 10.7. The molecule has 0 saturated carbocycles. The molecular formula is C14H24N2O. The van der Waals surface area contributed by atoms with E-state index in [2.05, 4.69) is 11.0 Å². The van der Waals surface area contributed by atoms with Gasteiger partial charge in [-0.05, 0) is 44.1 Å². The molecule has 17 heavy (non-hydrogen) atoms. The van der Waals surface area contributed by atoms with Gasteiger partial charge >= 0.3 is 0 Å². The summed E-state index contributed by atoms with van der Waals surface area (Å²) in [5.41, 5.74) is 6.95. The number of hydrogen-bond acceptors (Lipinski definition) is 3. The fourth-order valence-electron chi connectivity index (χ4n) is 2.68. The molecule has 1 heterocycles. The van der Waals surface area contributed by atoms with Gasteiger partial charge in [-0.25, -0.2) is 0 Å². The van der Waals surface area contributed by atoms with Gasteiger partial charge < -0.3 is 5.73 Å². The summed E-state index contributed by atoms with van der Waals surface area (Å²) in [4.78, 5) is 14.4. The second-order valence-corrected chi connectivity index (χ2v) is 5.37. The Morgan fingerprint density at radius 1 is 1.29 bits per heavy atom. The first-order valence-electron chi connectivity index (χ1n) is 6.96. The number of allylic oxidation sites excluding steroid dienone is 1. The van der Waals surface area contributed by atoms with E-state index in [4.69, 9.17) is 5.73 Å². The van der Waals surface area contributed by atoms with Crippen LogP contribution in [-0.4, -0.2) is 36.4 Å². The number of nitrogens with zero attached hydrogens (tertiary/aromatic N) is 1. The maximum atomic E-state index is 12.2. The van der Waals surface area contributed by atoms with Gasteiger partial charge in [0, 0.05) is 19.1 Å². The van der Waals surface area contributed by atoms with Gasteiger partial charge in [0.2, 0.25) is 0 Å². The summed E-state index contributed by atoms with van der Waals surface area (Å²) in [6.07, 6.45) is 10.0. The molecule has 1 saturated heterocycles. The van der Waals surface area contributed by atoms with Crippen LogP contribution in [0.5, 0.6) is 0 Å². The van der Waals surface area contributed by atoms with Crippen molar-refractivity contribution < 1.29 is 4.79 Å². The molecule has 0 atom stereocenters. The first-order valence-corrected chi connectivity index (χ1v) is 6.96. The van der Waals surface area contributed by atoms with Crippen LogP contribution in [0.4, 0.5) is 0 Å². The fraction of sp³-hybridized carbons (Fsp3) is 0.786. The van der Waals surface area contributed by atoms with Crippen molar-refractivity contribution in [1.82, 2.24) is 4.90 Å². The van der Waals surface area contributed by atoms with Gasteiger partial charge in [0.15, 0.2) is 5.78 Å². The van der Waals surface area contributed by atoms with Crippen LogP contribution >= 0.6 is 0 Å². The Hall–Kier alpha value is -0.670. The van der Waals surface area contributed by atoms with Crippen LogP contribution in [0.3, 0.4) is 0 Å². The van der Waals surface area contributed by atoms with E-state index < -0.39 is 0 Å². The second-order valence-electron chi connectivity index (χ2n) is 5.37. The predicted molar refractivity (Wildman–Crippen MR) is 69.8 cm³/mol. The van der Waals surface area contributed by atoms with Gasteiger partial charge in [-0.3, -0.25) is 9.69 Å². The van der Waals surface area contributed by atoms with Crippen molar-refractivity contribution in [2.75, 3.05) is 19.6 Å². The van der Waals surface area contributed by atoms with Crippen LogP contribution in [0.25, 0.3) is 0 Å². The van der Waals surface area contributed by atoms with Crippen LogP contribution in [0.15, 0.2) is 11.6 Å². The lowest BCUT2D eigenvalue weighted by Gasteiger charge is -2.29. The van der Waals surface area contributed by atoms with E-state index in [-0.39, 0.29) is 0 Å². The maximum Gasteiger partial charge on any atom is 0.172 e. The second kappa shape index (κ2) is 6.31. The summed E-state index contributed by atoms with van der Waals surface area (Å²) >= 11 is 0. The largest absolute Gasteiger partial charge is 0.328 e. The minimum Gasteiger partial charge on any atom is -0.328 e. The molecule has 1 aliphatic carbocycles. The van der Waals surface area contributed by atoms with Gasteiger partial charge in [0.25, 0.3) is 0 Å². The fourth-order valence-corrected chi connectivity index (χ4v) is 2.68. The van der Waals surface area contributed by atoms with Crippen molar-refractivity contribution >= 4 is 5.78 Å². The van der Waals surface area contributed by atoms with Crippen LogP contribution < -0.4 is 5.73 Å². The number of ketones is 1. The molecule has 0 bridgehead atoms. The lowest BCUT2D eigenvalue weighted by Crippen LogP contribution is -2.42. The molecule has 0 amide bonds. The Bertz CT molecular complexity index is 291. The summed E-state index contributed by atoms with van der Waals surface area (Å²) in [7, 11) is 0. The average molecular weight is 236 g/mol. The van der Waals surface area contributed by atoms with Gasteiger partial charge in [-0.2, -0.15) is 0 Å². The zero-order chi connectivity index (χ0) is 12.1. The van der Waals surface area contributed by atoms with Crippen LogP contribution in [-0.2, 0) is 4.79 Å². The number of carbonyl (C=O) groups is 1. The minimum atomic E-state index is 0.346. The third-order valence-electron chi connectivity index (χ3n) is 3.90. The normalized spacial score (nSPS) is 24.2. The molecule has 1 aliphatic heterocycles. The first-order chi connectivity index (χ1) is 8.25. The topological polar surface area (TPSA) is 46.3 Å². The number of nitrogens with two attached hydrogens (primary N) is 1. The molecule has 0 aromatic rings. The monoisotopic (exact) mass is 236 g/mol. The third kappa shape index (κ3) is 3.93. The third-order valence-corrected chi connectivity index (χ3v) is 3.90. The Labute approximate surface area is 104 Å². The Balaban J connectivity index is 1.81. The summed E-state index contributed by atoms with van der Waals surface area (Å²) in [5, 5.41) is 0. The number of hydrogen-bond donors (Lipinski definition) is 1.